The van der Waals surface area contributed by atoms with Gasteiger partial charge in [0.15, 0.2) is 11.5 Å². The summed E-state index contributed by atoms with van der Waals surface area (Å²) in [5.41, 5.74) is 1.29. The maximum absolute atomic E-state index is 12.6. The fourth-order valence-corrected chi connectivity index (χ4v) is 2.70. The van der Waals surface area contributed by atoms with E-state index < -0.39 is 11.8 Å². The van der Waals surface area contributed by atoms with Crippen molar-refractivity contribution in [3.63, 3.8) is 0 Å². The van der Waals surface area contributed by atoms with Crippen LogP contribution < -0.4 is 14.8 Å². The summed E-state index contributed by atoms with van der Waals surface area (Å²) in [4.78, 5) is 37.6. The first-order valence-corrected chi connectivity index (χ1v) is 7.46. The molecule has 3 amide bonds. The van der Waals surface area contributed by atoms with Gasteiger partial charge >= 0.3 is 0 Å². The van der Waals surface area contributed by atoms with Crippen molar-refractivity contribution in [2.45, 2.75) is 0 Å². The van der Waals surface area contributed by atoms with E-state index in [1.165, 1.54) is 33.4 Å². The molecule has 7 heteroatoms. The van der Waals surface area contributed by atoms with Gasteiger partial charge in [-0.2, -0.15) is 0 Å². The number of ether oxygens (including phenoxy) is 2. The van der Waals surface area contributed by atoms with E-state index in [-0.39, 0.29) is 11.5 Å². The lowest BCUT2D eigenvalue weighted by Crippen LogP contribution is -2.24. The summed E-state index contributed by atoms with van der Waals surface area (Å²) in [5.74, 6) is -0.413. The van der Waals surface area contributed by atoms with E-state index >= 15 is 0 Å². The van der Waals surface area contributed by atoms with Gasteiger partial charge in [-0.15, -0.1) is 0 Å². The Morgan fingerprint density at radius 3 is 2.40 bits per heavy atom. The van der Waals surface area contributed by atoms with E-state index in [1.54, 1.807) is 24.3 Å². The Labute approximate surface area is 144 Å². The first-order valence-electron chi connectivity index (χ1n) is 7.46. The lowest BCUT2D eigenvalue weighted by molar-refractivity contribution is 0.0692. The quantitative estimate of drug-likeness (QED) is 0.863. The summed E-state index contributed by atoms with van der Waals surface area (Å²) >= 11 is 0. The minimum absolute atomic E-state index is 0.267. The van der Waals surface area contributed by atoms with Crippen molar-refractivity contribution in [3.8, 4) is 11.5 Å². The molecule has 1 heterocycles. The number of carbonyl (C=O) groups is 3. The zero-order chi connectivity index (χ0) is 18.1. The van der Waals surface area contributed by atoms with Crippen molar-refractivity contribution in [1.82, 2.24) is 4.90 Å². The number of nitrogens with one attached hydrogen (secondary N) is 1. The molecule has 1 N–H and O–H groups in total. The van der Waals surface area contributed by atoms with Crippen molar-refractivity contribution in [2.75, 3.05) is 26.6 Å². The largest absolute Gasteiger partial charge is 0.493 e. The highest BCUT2D eigenvalue weighted by atomic mass is 16.5. The number of amides is 3. The van der Waals surface area contributed by atoms with Crippen LogP contribution in [-0.2, 0) is 0 Å². The lowest BCUT2D eigenvalue weighted by atomic mass is 10.1. The molecule has 1 aliphatic rings. The molecule has 0 saturated heterocycles. The van der Waals surface area contributed by atoms with Crippen LogP contribution in [0.2, 0.25) is 0 Å². The normalized spacial score (nSPS) is 12.8. The number of nitrogens with zero attached hydrogens (tertiary/aromatic N) is 1. The molecule has 0 atom stereocenters. The Hall–Kier alpha value is -3.35. The predicted octanol–water partition coefficient (Wildman–Crippen LogP) is 2.18. The Morgan fingerprint density at radius 2 is 1.72 bits per heavy atom. The molecule has 1 aliphatic heterocycles. The molecule has 2 aromatic rings. The average molecular weight is 340 g/mol. The monoisotopic (exact) mass is 340 g/mol. The molecule has 0 saturated carbocycles. The maximum Gasteiger partial charge on any atom is 0.261 e. The zero-order valence-electron chi connectivity index (χ0n) is 14.0. The summed E-state index contributed by atoms with van der Waals surface area (Å²) in [7, 11) is 4.35. The van der Waals surface area contributed by atoms with Crippen LogP contribution in [0.1, 0.15) is 31.1 Å². The molecule has 2 aromatic carbocycles. The molecule has 7 nitrogen and oxygen atoms in total. The van der Waals surface area contributed by atoms with Crippen LogP contribution in [0.5, 0.6) is 11.5 Å². The number of methoxy groups -OCH3 is 2. The maximum atomic E-state index is 12.6. The van der Waals surface area contributed by atoms with E-state index in [4.69, 9.17) is 9.47 Å². The van der Waals surface area contributed by atoms with Gasteiger partial charge < -0.3 is 14.8 Å². The molecular weight excluding hydrogens is 324 g/mol. The highest BCUT2D eigenvalue weighted by Crippen LogP contribution is 2.31. The van der Waals surface area contributed by atoms with Gasteiger partial charge in [-0.05, 0) is 30.3 Å². The molecule has 0 bridgehead atoms. The first-order chi connectivity index (χ1) is 12.0. The van der Waals surface area contributed by atoms with E-state index in [2.05, 4.69) is 5.32 Å². The van der Waals surface area contributed by atoms with Crippen LogP contribution in [0, 0.1) is 0 Å². The zero-order valence-corrected chi connectivity index (χ0v) is 14.0. The number of benzene rings is 2. The third-order valence-electron chi connectivity index (χ3n) is 4.00. The fourth-order valence-electron chi connectivity index (χ4n) is 2.70. The third-order valence-corrected chi connectivity index (χ3v) is 4.00. The highest BCUT2D eigenvalue weighted by molar-refractivity contribution is 6.21. The fraction of sp³-hybridized carbons (Fsp3) is 0.167. The van der Waals surface area contributed by atoms with Gasteiger partial charge in [-0.1, -0.05) is 6.07 Å². The molecule has 0 spiro atoms. The second kappa shape index (κ2) is 6.27. The van der Waals surface area contributed by atoms with Gasteiger partial charge in [0, 0.05) is 12.7 Å². The van der Waals surface area contributed by atoms with Crippen LogP contribution in [0.25, 0.3) is 0 Å². The van der Waals surface area contributed by atoms with Crippen LogP contribution in [0.4, 0.5) is 5.69 Å². The third kappa shape index (κ3) is 2.69. The Kier molecular flexibility index (Phi) is 4.14. The van der Waals surface area contributed by atoms with Crippen molar-refractivity contribution < 1.29 is 23.9 Å². The topological polar surface area (TPSA) is 84.9 Å². The molecule has 0 unspecified atom stereocenters. The number of hydrogen-bond donors (Lipinski definition) is 1. The predicted molar refractivity (Wildman–Crippen MR) is 90.4 cm³/mol. The molecule has 0 radical (unpaired) electrons. The van der Waals surface area contributed by atoms with Gasteiger partial charge in [0.1, 0.15) is 0 Å². The van der Waals surface area contributed by atoms with Crippen LogP contribution in [0.3, 0.4) is 0 Å². The number of carbonyl (C=O) groups excluding carboxylic acids is 3. The molecular formula is C18H16N2O5. The number of rotatable bonds is 4. The SMILES string of the molecule is COc1cccc(C(=O)Nc2ccc3c(c2)C(=O)N(C)C3=O)c1OC. The van der Waals surface area contributed by atoms with E-state index in [0.29, 0.717) is 28.3 Å². The van der Waals surface area contributed by atoms with Crippen molar-refractivity contribution in [3.05, 3.63) is 53.1 Å². The Balaban J connectivity index is 1.91. The molecule has 0 aromatic heterocycles. The summed E-state index contributed by atoms with van der Waals surface area (Å²) in [6.07, 6.45) is 0. The van der Waals surface area contributed by atoms with Crippen LogP contribution in [0.15, 0.2) is 36.4 Å². The van der Waals surface area contributed by atoms with Gasteiger partial charge in [-0.3, -0.25) is 19.3 Å². The van der Waals surface area contributed by atoms with Crippen molar-refractivity contribution in [2.24, 2.45) is 0 Å². The van der Waals surface area contributed by atoms with Gasteiger partial charge in [0.2, 0.25) is 0 Å². The minimum atomic E-state index is -0.416. The van der Waals surface area contributed by atoms with Gasteiger partial charge in [0.25, 0.3) is 17.7 Å². The summed E-state index contributed by atoms with van der Waals surface area (Å²) < 4.78 is 10.4. The van der Waals surface area contributed by atoms with Crippen molar-refractivity contribution in [1.29, 1.82) is 0 Å². The average Bonchev–Trinajstić information content (AvgIpc) is 2.85. The van der Waals surface area contributed by atoms with E-state index in [1.807, 2.05) is 0 Å². The second-order valence-corrected chi connectivity index (χ2v) is 5.42. The second-order valence-electron chi connectivity index (χ2n) is 5.42. The first kappa shape index (κ1) is 16.5. The van der Waals surface area contributed by atoms with Crippen molar-refractivity contribution >= 4 is 23.4 Å². The highest BCUT2D eigenvalue weighted by Gasteiger charge is 2.32. The summed E-state index contributed by atoms with van der Waals surface area (Å²) in [6, 6.07) is 9.56. The van der Waals surface area contributed by atoms with E-state index in [9.17, 15) is 14.4 Å². The van der Waals surface area contributed by atoms with Gasteiger partial charge in [-0.25, -0.2) is 0 Å². The van der Waals surface area contributed by atoms with Crippen LogP contribution in [-0.4, -0.2) is 43.9 Å². The molecule has 3 rings (SSSR count). The lowest BCUT2D eigenvalue weighted by Gasteiger charge is -2.12. The molecule has 0 fully saturated rings. The number of hydrogen-bond acceptors (Lipinski definition) is 5. The minimum Gasteiger partial charge on any atom is -0.493 e. The number of fused-ring (bicyclic) bond motifs is 1. The number of anilines is 1. The number of imide groups is 1. The summed E-state index contributed by atoms with van der Waals surface area (Å²) in [6.45, 7) is 0. The Morgan fingerprint density at radius 1 is 1.00 bits per heavy atom. The standard InChI is InChI=1S/C18H16N2O5/c1-20-17(22)11-8-7-10(9-13(11)18(20)23)19-16(21)12-5-4-6-14(24-2)15(12)25-3/h4-9H,1-3H3,(H,19,21). The van der Waals surface area contributed by atoms with Gasteiger partial charge in [0.05, 0.1) is 30.9 Å². The summed E-state index contributed by atoms with van der Waals surface area (Å²) in [5, 5.41) is 2.71. The molecule has 0 aliphatic carbocycles. The van der Waals surface area contributed by atoms with E-state index in [0.717, 1.165) is 4.90 Å². The smallest absolute Gasteiger partial charge is 0.261 e. The molecule has 25 heavy (non-hydrogen) atoms. The Bertz CT molecular complexity index is 891. The number of para-hydroxylation sites is 1. The van der Waals surface area contributed by atoms with Crippen LogP contribution >= 0.6 is 0 Å². The molecule has 128 valence electrons.